The van der Waals surface area contributed by atoms with Crippen LogP contribution in [0.4, 0.5) is 0 Å². The molecule has 1 aliphatic heterocycles. The van der Waals surface area contributed by atoms with E-state index in [0.29, 0.717) is 13.2 Å². The third-order valence-corrected chi connectivity index (χ3v) is 3.80. The van der Waals surface area contributed by atoms with E-state index < -0.39 is 0 Å². The highest BCUT2D eigenvalue weighted by Crippen LogP contribution is 2.35. The van der Waals surface area contributed by atoms with E-state index in [1.54, 1.807) is 18.9 Å². The summed E-state index contributed by atoms with van der Waals surface area (Å²) in [5.41, 5.74) is 1.11. The molecule has 0 N–H and O–H groups in total. The molecule has 1 fully saturated rings. The molecule has 1 saturated heterocycles. The lowest BCUT2D eigenvalue weighted by Crippen LogP contribution is -2.33. The molecule has 0 amide bonds. The molecular weight excluding hydrogens is 276 g/mol. The van der Waals surface area contributed by atoms with Crippen molar-refractivity contribution in [1.29, 1.82) is 0 Å². The highest BCUT2D eigenvalue weighted by molar-refractivity contribution is 7.98. The summed E-state index contributed by atoms with van der Waals surface area (Å²) in [6, 6.07) is 5.97. The van der Waals surface area contributed by atoms with Gasteiger partial charge in [0.2, 0.25) is 0 Å². The van der Waals surface area contributed by atoms with Crippen molar-refractivity contribution in [3.63, 3.8) is 0 Å². The lowest BCUT2D eigenvalue weighted by atomic mass is 9.95. The molecule has 0 aromatic heterocycles. The van der Waals surface area contributed by atoms with Crippen LogP contribution >= 0.6 is 11.8 Å². The van der Waals surface area contributed by atoms with Crippen LogP contribution in [0, 0.1) is 5.41 Å². The average Bonchev–Trinajstić information content (AvgIpc) is 2.45. The van der Waals surface area contributed by atoms with Crippen molar-refractivity contribution in [3.05, 3.63) is 23.8 Å². The van der Waals surface area contributed by atoms with Crippen molar-refractivity contribution in [1.82, 2.24) is 0 Å². The standard InChI is InChI=1S/C15H22O4S/c1-15(2)8-17-14(18-9-15)11-5-6-12(19-10-16-3)13(7-11)20-4/h5-7,14H,8-10H2,1-4H3. The van der Waals surface area contributed by atoms with Crippen LogP contribution in [0.25, 0.3) is 0 Å². The maximum absolute atomic E-state index is 5.80. The zero-order chi connectivity index (χ0) is 14.6. The minimum atomic E-state index is -0.287. The largest absolute Gasteiger partial charge is 0.466 e. The van der Waals surface area contributed by atoms with Gasteiger partial charge in [-0.05, 0) is 18.4 Å². The van der Waals surface area contributed by atoms with Crippen LogP contribution in [0.15, 0.2) is 23.1 Å². The van der Waals surface area contributed by atoms with Crippen molar-refractivity contribution in [2.24, 2.45) is 5.41 Å². The summed E-state index contributed by atoms with van der Waals surface area (Å²) >= 11 is 1.63. The van der Waals surface area contributed by atoms with E-state index in [1.165, 1.54) is 0 Å². The maximum Gasteiger partial charge on any atom is 0.188 e. The van der Waals surface area contributed by atoms with Crippen LogP contribution in [-0.2, 0) is 14.2 Å². The van der Waals surface area contributed by atoms with E-state index in [4.69, 9.17) is 18.9 Å². The molecule has 1 aliphatic rings. The normalized spacial score (nSPS) is 19.0. The van der Waals surface area contributed by atoms with Crippen molar-refractivity contribution in [3.8, 4) is 5.75 Å². The topological polar surface area (TPSA) is 36.9 Å². The third kappa shape index (κ3) is 3.88. The molecule has 112 valence electrons. The Hall–Kier alpha value is -0.750. The van der Waals surface area contributed by atoms with Gasteiger partial charge < -0.3 is 18.9 Å². The van der Waals surface area contributed by atoms with Crippen LogP contribution in [0.3, 0.4) is 0 Å². The first-order valence-corrected chi connectivity index (χ1v) is 7.81. The summed E-state index contributed by atoms with van der Waals surface area (Å²) < 4.78 is 22.1. The van der Waals surface area contributed by atoms with Crippen LogP contribution in [0.1, 0.15) is 25.7 Å². The highest BCUT2D eigenvalue weighted by Gasteiger charge is 2.29. The molecule has 20 heavy (non-hydrogen) atoms. The Bertz CT molecular complexity index is 437. The molecule has 0 saturated carbocycles. The molecule has 0 atom stereocenters. The number of ether oxygens (including phenoxy) is 4. The quantitative estimate of drug-likeness (QED) is 0.614. The van der Waals surface area contributed by atoms with E-state index in [0.717, 1.165) is 16.2 Å². The minimum absolute atomic E-state index is 0.0837. The van der Waals surface area contributed by atoms with Gasteiger partial charge in [0.25, 0.3) is 0 Å². The Balaban J connectivity index is 2.09. The summed E-state index contributed by atoms with van der Waals surface area (Å²) in [7, 11) is 1.61. The maximum atomic E-state index is 5.80. The zero-order valence-corrected chi connectivity index (χ0v) is 13.3. The van der Waals surface area contributed by atoms with Crippen molar-refractivity contribution >= 4 is 11.8 Å². The summed E-state index contributed by atoms with van der Waals surface area (Å²) in [4.78, 5) is 1.05. The molecule has 0 radical (unpaired) electrons. The monoisotopic (exact) mass is 298 g/mol. The first kappa shape index (κ1) is 15.6. The molecule has 5 heteroatoms. The second-order valence-corrected chi connectivity index (χ2v) is 6.43. The number of hydrogen-bond acceptors (Lipinski definition) is 5. The lowest BCUT2D eigenvalue weighted by molar-refractivity contribution is -0.226. The van der Waals surface area contributed by atoms with Gasteiger partial charge in [0.05, 0.1) is 13.2 Å². The SMILES string of the molecule is COCOc1ccc(C2OCC(C)(C)CO2)cc1SC. The van der Waals surface area contributed by atoms with Crippen molar-refractivity contribution < 1.29 is 18.9 Å². The fourth-order valence-corrected chi connectivity index (χ4v) is 2.54. The Kier molecular flexibility index (Phi) is 5.32. The van der Waals surface area contributed by atoms with Gasteiger partial charge in [-0.15, -0.1) is 11.8 Å². The summed E-state index contributed by atoms with van der Waals surface area (Å²) in [5.74, 6) is 0.819. The fourth-order valence-electron chi connectivity index (χ4n) is 1.96. The fraction of sp³-hybridized carbons (Fsp3) is 0.600. The number of rotatable bonds is 5. The zero-order valence-electron chi connectivity index (χ0n) is 12.5. The van der Waals surface area contributed by atoms with Gasteiger partial charge in [0, 0.05) is 23.0 Å². The summed E-state index contributed by atoms with van der Waals surface area (Å²) in [5, 5.41) is 0. The predicted molar refractivity (Wildman–Crippen MR) is 79.2 cm³/mol. The molecule has 1 heterocycles. The first-order valence-electron chi connectivity index (χ1n) is 6.58. The van der Waals surface area contributed by atoms with E-state index >= 15 is 0 Å². The van der Waals surface area contributed by atoms with E-state index in [2.05, 4.69) is 19.9 Å². The highest BCUT2D eigenvalue weighted by atomic mass is 32.2. The van der Waals surface area contributed by atoms with E-state index in [-0.39, 0.29) is 18.5 Å². The van der Waals surface area contributed by atoms with Gasteiger partial charge >= 0.3 is 0 Å². The van der Waals surface area contributed by atoms with Gasteiger partial charge in [-0.25, -0.2) is 0 Å². The lowest BCUT2D eigenvalue weighted by Gasteiger charge is -2.34. The Morgan fingerprint density at radius 3 is 2.60 bits per heavy atom. The summed E-state index contributed by atoms with van der Waals surface area (Å²) in [6.45, 7) is 5.93. The van der Waals surface area contributed by atoms with Crippen molar-refractivity contribution in [2.45, 2.75) is 25.0 Å². The van der Waals surface area contributed by atoms with E-state index in [9.17, 15) is 0 Å². The smallest absolute Gasteiger partial charge is 0.188 e. The molecule has 0 aliphatic carbocycles. The first-order chi connectivity index (χ1) is 9.55. The minimum Gasteiger partial charge on any atom is -0.466 e. The average molecular weight is 298 g/mol. The second kappa shape index (κ2) is 6.80. The molecule has 0 bridgehead atoms. The predicted octanol–water partition coefficient (Wildman–Crippen LogP) is 3.46. The van der Waals surface area contributed by atoms with Gasteiger partial charge in [-0.1, -0.05) is 19.9 Å². The Labute approximate surface area is 124 Å². The number of benzene rings is 1. The molecule has 1 aromatic carbocycles. The number of thioether (sulfide) groups is 1. The molecule has 0 unspecified atom stereocenters. The van der Waals surface area contributed by atoms with Gasteiger partial charge in [-0.3, -0.25) is 0 Å². The van der Waals surface area contributed by atoms with E-state index in [1.807, 2.05) is 18.4 Å². The van der Waals surface area contributed by atoms with Crippen LogP contribution in [0.2, 0.25) is 0 Å². The van der Waals surface area contributed by atoms with Crippen molar-refractivity contribution in [2.75, 3.05) is 33.4 Å². The van der Waals surface area contributed by atoms with Crippen LogP contribution in [0.5, 0.6) is 5.75 Å². The van der Waals surface area contributed by atoms with Crippen LogP contribution < -0.4 is 4.74 Å². The van der Waals surface area contributed by atoms with Gasteiger partial charge in [-0.2, -0.15) is 0 Å². The second-order valence-electron chi connectivity index (χ2n) is 5.58. The molecule has 0 spiro atoms. The third-order valence-electron chi connectivity index (χ3n) is 3.04. The molecule has 2 rings (SSSR count). The van der Waals surface area contributed by atoms with Gasteiger partial charge in [0.1, 0.15) is 5.75 Å². The molecular formula is C15H22O4S. The molecule has 4 nitrogen and oxygen atoms in total. The van der Waals surface area contributed by atoms with Gasteiger partial charge in [0.15, 0.2) is 13.1 Å². The molecule has 1 aromatic rings. The Morgan fingerprint density at radius 2 is 2.00 bits per heavy atom. The van der Waals surface area contributed by atoms with Crippen LogP contribution in [-0.4, -0.2) is 33.4 Å². The summed E-state index contributed by atoms with van der Waals surface area (Å²) in [6.07, 6.45) is 1.73. The number of methoxy groups -OCH3 is 1. The Morgan fingerprint density at radius 1 is 1.30 bits per heavy atom. The number of hydrogen-bond donors (Lipinski definition) is 0.